The highest BCUT2D eigenvalue weighted by molar-refractivity contribution is 6.08. The first-order valence-electron chi connectivity index (χ1n) is 13.5. The first kappa shape index (κ1) is 23.2. The lowest BCUT2D eigenvalue weighted by atomic mass is 10.1. The topological polar surface area (TPSA) is 52.9 Å². The smallest absolute Gasteiger partial charge is 0.223 e. The van der Waals surface area contributed by atoms with Crippen molar-refractivity contribution in [3.05, 3.63) is 134 Å². The number of hydrogen-bond acceptors (Lipinski definition) is 3. The molecule has 0 unspecified atom stereocenters. The Hall–Kier alpha value is -5.75. The minimum absolute atomic E-state index is 0.650. The van der Waals surface area contributed by atoms with Crippen LogP contribution < -0.4 is 0 Å². The molecule has 0 aliphatic rings. The third-order valence-electron chi connectivity index (χ3n) is 7.63. The van der Waals surface area contributed by atoms with Crippen LogP contribution in [0.2, 0.25) is 0 Å². The largest absolute Gasteiger partial charge is 0.292 e. The van der Waals surface area contributed by atoms with Crippen molar-refractivity contribution >= 4 is 50.9 Å². The summed E-state index contributed by atoms with van der Waals surface area (Å²) in [6, 6.07) is 36.9. The van der Waals surface area contributed by atoms with Gasteiger partial charge in [-0.05, 0) is 42.5 Å². The normalized spacial score (nSPS) is 11.6. The van der Waals surface area contributed by atoms with E-state index < -0.39 is 0 Å². The Labute approximate surface area is 235 Å². The molecule has 6 nitrogen and oxygen atoms in total. The second-order valence-corrected chi connectivity index (χ2v) is 9.88. The van der Waals surface area contributed by atoms with Crippen LogP contribution in [-0.4, -0.2) is 28.5 Å². The van der Waals surface area contributed by atoms with Crippen LogP contribution in [0.3, 0.4) is 0 Å². The lowest BCUT2D eigenvalue weighted by molar-refractivity contribution is 1.00. The fourth-order valence-electron chi connectivity index (χ4n) is 5.88. The quantitative estimate of drug-likeness (QED) is 0.227. The molecule has 0 fully saturated rings. The molecule has 4 aromatic heterocycles. The van der Waals surface area contributed by atoms with Gasteiger partial charge in [-0.1, -0.05) is 92.0 Å². The summed E-state index contributed by atoms with van der Waals surface area (Å²) in [5.41, 5.74) is 7.58. The molecule has 0 saturated carbocycles. The molecule has 6 heteroatoms. The molecule has 0 atom stereocenters. The second kappa shape index (κ2) is 8.89. The van der Waals surface area contributed by atoms with Crippen molar-refractivity contribution in [3.8, 4) is 22.9 Å². The Morgan fingerprint density at radius 3 is 2.00 bits per heavy atom. The third kappa shape index (κ3) is 3.28. The summed E-state index contributed by atoms with van der Waals surface area (Å²) < 4.78 is 6.49. The highest BCUT2D eigenvalue weighted by Gasteiger charge is 2.26. The van der Waals surface area contributed by atoms with Gasteiger partial charge in [-0.2, -0.15) is 4.98 Å². The van der Waals surface area contributed by atoms with E-state index in [0.29, 0.717) is 5.82 Å². The van der Waals surface area contributed by atoms with Gasteiger partial charge < -0.3 is 0 Å². The van der Waals surface area contributed by atoms with Crippen molar-refractivity contribution < 1.29 is 0 Å². The zero-order valence-corrected chi connectivity index (χ0v) is 22.1. The van der Waals surface area contributed by atoms with Gasteiger partial charge in [0.1, 0.15) is 5.52 Å². The maximum atomic E-state index is 5.32. The van der Waals surface area contributed by atoms with E-state index in [-0.39, 0.29) is 0 Å². The van der Waals surface area contributed by atoms with Crippen molar-refractivity contribution in [2.45, 2.75) is 0 Å². The lowest BCUT2D eigenvalue weighted by Gasteiger charge is -2.12. The number of para-hydroxylation sites is 3. The van der Waals surface area contributed by atoms with Crippen LogP contribution >= 0.6 is 0 Å². The molecule has 0 amide bonds. The standard InChI is InChI=1S/C35H24N6/c1-3-28-29(4-2)41(33-25-19-11-13-21-27(25)36-32(37-33)23-15-7-5-8-16-23)35-38-34-31(40(28)35)26-20-12-14-22-30(26)39(34)24-17-9-6-10-18-24/h3-22H,1-2H2. The molecule has 0 saturated heterocycles. The molecular formula is C35H24N6. The summed E-state index contributed by atoms with van der Waals surface area (Å²) >= 11 is 0. The Morgan fingerprint density at radius 1 is 0.585 bits per heavy atom. The summed E-state index contributed by atoms with van der Waals surface area (Å²) in [6.07, 6.45) is 3.73. The van der Waals surface area contributed by atoms with Gasteiger partial charge in [-0.25, -0.2) is 9.97 Å². The molecule has 0 bridgehead atoms. The zero-order valence-electron chi connectivity index (χ0n) is 22.1. The van der Waals surface area contributed by atoms with Crippen LogP contribution in [0, 0.1) is 0 Å². The number of fused-ring (bicyclic) bond motifs is 6. The van der Waals surface area contributed by atoms with Gasteiger partial charge in [0.15, 0.2) is 17.3 Å². The van der Waals surface area contributed by atoms with Crippen molar-refractivity contribution in [2.75, 3.05) is 0 Å². The number of rotatable bonds is 5. The van der Waals surface area contributed by atoms with E-state index in [1.54, 1.807) is 0 Å². The van der Waals surface area contributed by atoms with Gasteiger partial charge in [0.05, 0.1) is 22.4 Å². The van der Waals surface area contributed by atoms with Crippen LogP contribution in [0.5, 0.6) is 0 Å². The van der Waals surface area contributed by atoms with Gasteiger partial charge >= 0.3 is 0 Å². The first-order chi connectivity index (χ1) is 20.3. The molecule has 4 heterocycles. The molecule has 0 N–H and O–H groups in total. The number of aromatic nitrogens is 6. The monoisotopic (exact) mass is 528 g/mol. The van der Waals surface area contributed by atoms with E-state index in [4.69, 9.17) is 15.0 Å². The van der Waals surface area contributed by atoms with Crippen LogP contribution in [0.25, 0.3) is 73.8 Å². The molecule has 0 aliphatic heterocycles. The minimum atomic E-state index is 0.650. The number of nitrogens with zero attached hydrogens (tertiary/aromatic N) is 6. The van der Waals surface area contributed by atoms with E-state index in [1.807, 2.05) is 66.7 Å². The summed E-state index contributed by atoms with van der Waals surface area (Å²) in [5, 5.41) is 2.03. The summed E-state index contributed by atoms with van der Waals surface area (Å²) in [6.45, 7) is 8.40. The average molecular weight is 529 g/mol. The SMILES string of the molecule is C=Cc1c(C=C)n2c3c4ccccc4n(-c4ccccc4)c3nc2n1-c1nc(-c2ccccc2)nc2ccccc12. The van der Waals surface area contributed by atoms with Crippen molar-refractivity contribution in [1.29, 1.82) is 0 Å². The predicted molar refractivity (Wildman–Crippen MR) is 168 cm³/mol. The Bertz CT molecular complexity index is 2280. The van der Waals surface area contributed by atoms with E-state index in [2.05, 4.69) is 81.3 Å². The van der Waals surface area contributed by atoms with Crippen molar-refractivity contribution in [1.82, 2.24) is 28.5 Å². The van der Waals surface area contributed by atoms with E-state index in [0.717, 1.165) is 67.2 Å². The molecule has 0 aliphatic carbocycles. The van der Waals surface area contributed by atoms with E-state index in [1.165, 1.54) is 0 Å². The highest BCUT2D eigenvalue weighted by Crippen LogP contribution is 2.37. The van der Waals surface area contributed by atoms with E-state index in [9.17, 15) is 0 Å². The van der Waals surface area contributed by atoms with Crippen molar-refractivity contribution in [3.63, 3.8) is 0 Å². The molecule has 4 aromatic carbocycles. The maximum Gasteiger partial charge on any atom is 0.223 e. The van der Waals surface area contributed by atoms with Crippen LogP contribution in [0.1, 0.15) is 11.4 Å². The predicted octanol–water partition coefficient (Wildman–Crippen LogP) is 8.12. The molecule has 8 aromatic rings. The van der Waals surface area contributed by atoms with Crippen LogP contribution in [0.4, 0.5) is 0 Å². The average Bonchev–Trinajstić information content (AvgIpc) is 3.66. The Kier molecular flexibility index (Phi) is 5.02. The fourth-order valence-corrected chi connectivity index (χ4v) is 5.88. The Balaban J connectivity index is 1.55. The first-order valence-corrected chi connectivity index (χ1v) is 13.5. The number of benzene rings is 4. The maximum absolute atomic E-state index is 5.32. The molecule has 41 heavy (non-hydrogen) atoms. The van der Waals surface area contributed by atoms with Gasteiger partial charge in [-0.15, -0.1) is 0 Å². The van der Waals surface area contributed by atoms with Gasteiger partial charge in [0.25, 0.3) is 0 Å². The fraction of sp³-hybridized carbons (Fsp3) is 0. The third-order valence-corrected chi connectivity index (χ3v) is 7.63. The van der Waals surface area contributed by atoms with Gasteiger partial charge in [0, 0.05) is 22.0 Å². The van der Waals surface area contributed by atoms with Crippen molar-refractivity contribution in [2.24, 2.45) is 0 Å². The molecule has 8 rings (SSSR count). The summed E-state index contributed by atoms with van der Waals surface area (Å²) in [4.78, 5) is 15.4. The summed E-state index contributed by atoms with van der Waals surface area (Å²) in [7, 11) is 0. The van der Waals surface area contributed by atoms with E-state index >= 15 is 0 Å². The molecule has 0 radical (unpaired) electrons. The number of hydrogen-bond donors (Lipinski definition) is 0. The van der Waals surface area contributed by atoms with Crippen LogP contribution in [0.15, 0.2) is 122 Å². The zero-order chi connectivity index (χ0) is 27.5. The number of imidazole rings is 2. The van der Waals surface area contributed by atoms with Crippen LogP contribution in [-0.2, 0) is 0 Å². The molecular weight excluding hydrogens is 504 g/mol. The molecule has 194 valence electrons. The highest BCUT2D eigenvalue weighted by atomic mass is 15.3. The second-order valence-electron chi connectivity index (χ2n) is 9.88. The Morgan fingerprint density at radius 2 is 1.24 bits per heavy atom. The van der Waals surface area contributed by atoms with Gasteiger partial charge in [-0.3, -0.25) is 13.5 Å². The molecule has 0 spiro atoms. The summed E-state index contributed by atoms with van der Waals surface area (Å²) in [5.74, 6) is 2.13. The minimum Gasteiger partial charge on any atom is -0.292 e. The lowest BCUT2D eigenvalue weighted by Crippen LogP contribution is -2.05. The van der Waals surface area contributed by atoms with Gasteiger partial charge in [0.2, 0.25) is 5.78 Å².